The Bertz CT molecular complexity index is 846. The molecule has 1 N–H and O–H groups in total. The molecule has 0 bridgehead atoms. The van der Waals surface area contributed by atoms with E-state index in [0.29, 0.717) is 27.9 Å². The van der Waals surface area contributed by atoms with Gasteiger partial charge < -0.3 is 15.0 Å². The van der Waals surface area contributed by atoms with E-state index in [9.17, 15) is 9.59 Å². The van der Waals surface area contributed by atoms with Crippen LogP contribution in [0.2, 0.25) is 10.0 Å². The van der Waals surface area contributed by atoms with Crippen LogP contribution in [0.5, 0.6) is 5.75 Å². The number of hydrogen-bond donors (Lipinski definition) is 1. The minimum atomic E-state index is -0.680. The van der Waals surface area contributed by atoms with E-state index in [1.807, 2.05) is 19.1 Å². The Balaban J connectivity index is 2.16. The van der Waals surface area contributed by atoms with Gasteiger partial charge in [0.1, 0.15) is 11.8 Å². The summed E-state index contributed by atoms with van der Waals surface area (Å²) in [6.07, 6.45) is 0.811. The predicted molar refractivity (Wildman–Crippen MR) is 124 cm³/mol. The van der Waals surface area contributed by atoms with Crippen LogP contribution in [-0.2, 0) is 16.1 Å². The van der Waals surface area contributed by atoms with E-state index in [-0.39, 0.29) is 25.0 Å². The number of rotatable bonds is 9. The fraction of sp³-hybridized carbons (Fsp3) is 0.333. The zero-order valence-corrected chi connectivity index (χ0v) is 19.9. The first-order chi connectivity index (χ1) is 13.8. The maximum Gasteiger partial charge on any atom is 0.261 e. The molecule has 2 aromatic carbocycles. The number of ether oxygens (including phenoxy) is 1. The second kappa shape index (κ2) is 11.6. The summed E-state index contributed by atoms with van der Waals surface area (Å²) in [5.41, 5.74) is 0.703. The van der Waals surface area contributed by atoms with Crippen LogP contribution < -0.4 is 10.1 Å². The van der Waals surface area contributed by atoms with E-state index in [1.165, 1.54) is 4.90 Å². The molecule has 0 saturated heterocycles. The number of nitrogens with one attached hydrogen (secondary N) is 1. The second-order valence-electron chi connectivity index (χ2n) is 6.47. The smallest absolute Gasteiger partial charge is 0.261 e. The molecular weight excluding hydrogens is 526 g/mol. The SMILES string of the molecule is CCCNC(=O)[C@H](C)N(Cc1ccc(Cl)cc1Cl)C(=O)COc1ccc(I)cc1. The average Bonchev–Trinajstić information content (AvgIpc) is 2.70. The van der Waals surface area contributed by atoms with Gasteiger partial charge in [0.05, 0.1) is 0 Å². The molecule has 0 unspecified atom stereocenters. The highest BCUT2D eigenvalue weighted by molar-refractivity contribution is 14.1. The number of carbonyl (C=O) groups excluding carboxylic acids is 2. The third kappa shape index (κ3) is 7.35. The van der Waals surface area contributed by atoms with Crippen molar-refractivity contribution in [3.8, 4) is 5.75 Å². The largest absolute Gasteiger partial charge is 0.484 e. The minimum absolute atomic E-state index is 0.172. The number of benzene rings is 2. The predicted octanol–water partition coefficient (Wildman–Crippen LogP) is 4.92. The van der Waals surface area contributed by atoms with Crippen molar-refractivity contribution in [2.45, 2.75) is 32.9 Å². The van der Waals surface area contributed by atoms with Crippen LogP contribution in [0.15, 0.2) is 42.5 Å². The summed E-state index contributed by atoms with van der Waals surface area (Å²) >= 11 is 14.4. The fourth-order valence-corrected chi connectivity index (χ4v) is 3.40. The molecular formula is C21H23Cl2IN2O3. The quantitative estimate of drug-likeness (QED) is 0.452. The van der Waals surface area contributed by atoms with Gasteiger partial charge in [0, 0.05) is 26.7 Å². The Kier molecular flexibility index (Phi) is 9.52. The molecule has 0 aliphatic carbocycles. The molecule has 8 heteroatoms. The van der Waals surface area contributed by atoms with Crippen molar-refractivity contribution in [2.24, 2.45) is 0 Å². The van der Waals surface area contributed by atoms with Gasteiger partial charge in [-0.25, -0.2) is 0 Å². The van der Waals surface area contributed by atoms with Gasteiger partial charge in [-0.2, -0.15) is 0 Å². The first-order valence-electron chi connectivity index (χ1n) is 9.21. The standard InChI is InChI=1S/C21H23Cl2IN2O3/c1-3-10-25-21(28)14(2)26(12-15-4-5-16(22)11-19(15)23)20(27)13-29-18-8-6-17(24)7-9-18/h4-9,11,14H,3,10,12-13H2,1-2H3,(H,25,28)/t14-/m0/s1. The molecule has 0 radical (unpaired) electrons. The summed E-state index contributed by atoms with van der Waals surface area (Å²) in [6.45, 7) is 4.20. The number of carbonyl (C=O) groups is 2. The summed E-state index contributed by atoms with van der Waals surface area (Å²) < 4.78 is 6.69. The van der Waals surface area contributed by atoms with Crippen LogP contribution >= 0.6 is 45.8 Å². The summed E-state index contributed by atoms with van der Waals surface area (Å²) in [4.78, 5) is 26.9. The van der Waals surface area contributed by atoms with Gasteiger partial charge in [0.25, 0.3) is 5.91 Å². The van der Waals surface area contributed by atoms with E-state index in [0.717, 1.165) is 9.99 Å². The van der Waals surface area contributed by atoms with Crippen molar-refractivity contribution in [3.63, 3.8) is 0 Å². The minimum Gasteiger partial charge on any atom is -0.484 e. The third-order valence-corrected chi connectivity index (χ3v) is 5.55. The zero-order chi connectivity index (χ0) is 21.4. The lowest BCUT2D eigenvalue weighted by atomic mass is 10.1. The van der Waals surface area contributed by atoms with E-state index < -0.39 is 6.04 Å². The molecule has 2 rings (SSSR count). The van der Waals surface area contributed by atoms with Crippen molar-refractivity contribution in [2.75, 3.05) is 13.2 Å². The first-order valence-corrected chi connectivity index (χ1v) is 11.0. The molecule has 29 heavy (non-hydrogen) atoms. The Hall–Kier alpha value is -1.51. The van der Waals surface area contributed by atoms with Gasteiger partial charge in [-0.3, -0.25) is 9.59 Å². The molecule has 0 heterocycles. The molecule has 156 valence electrons. The lowest BCUT2D eigenvalue weighted by Crippen LogP contribution is -2.49. The summed E-state index contributed by atoms with van der Waals surface area (Å²) in [7, 11) is 0. The Morgan fingerprint density at radius 3 is 2.48 bits per heavy atom. The number of nitrogens with zero attached hydrogens (tertiary/aromatic N) is 1. The van der Waals surface area contributed by atoms with Crippen molar-refractivity contribution >= 4 is 57.6 Å². The molecule has 5 nitrogen and oxygen atoms in total. The lowest BCUT2D eigenvalue weighted by Gasteiger charge is -2.29. The molecule has 1 atom stereocenters. The van der Waals surface area contributed by atoms with Crippen molar-refractivity contribution in [3.05, 3.63) is 61.6 Å². The molecule has 0 saturated carbocycles. The highest BCUT2D eigenvalue weighted by atomic mass is 127. The maximum absolute atomic E-state index is 12.9. The topological polar surface area (TPSA) is 58.6 Å². The molecule has 0 fully saturated rings. The molecule has 0 aliphatic rings. The Labute approximate surface area is 194 Å². The van der Waals surface area contributed by atoms with Gasteiger partial charge in [-0.15, -0.1) is 0 Å². The monoisotopic (exact) mass is 548 g/mol. The highest BCUT2D eigenvalue weighted by Crippen LogP contribution is 2.23. The van der Waals surface area contributed by atoms with Crippen LogP contribution in [0.4, 0.5) is 0 Å². The lowest BCUT2D eigenvalue weighted by molar-refractivity contribution is -0.142. The van der Waals surface area contributed by atoms with Gasteiger partial charge in [-0.1, -0.05) is 36.2 Å². The van der Waals surface area contributed by atoms with E-state index in [4.69, 9.17) is 27.9 Å². The molecule has 0 aromatic heterocycles. The summed E-state index contributed by atoms with van der Waals surface area (Å²) in [5.74, 6) is 0.0552. The number of hydrogen-bond acceptors (Lipinski definition) is 3. The Morgan fingerprint density at radius 1 is 1.17 bits per heavy atom. The van der Waals surface area contributed by atoms with E-state index in [2.05, 4.69) is 27.9 Å². The van der Waals surface area contributed by atoms with E-state index >= 15 is 0 Å². The van der Waals surface area contributed by atoms with Crippen molar-refractivity contribution in [1.82, 2.24) is 10.2 Å². The molecule has 2 aromatic rings. The third-order valence-electron chi connectivity index (χ3n) is 4.25. The summed E-state index contributed by atoms with van der Waals surface area (Å²) in [6, 6.07) is 11.8. The van der Waals surface area contributed by atoms with E-state index in [1.54, 1.807) is 37.3 Å². The maximum atomic E-state index is 12.9. The normalized spacial score (nSPS) is 11.6. The van der Waals surface area contributed by atoms with Crippen molar-refractivity contribution < 1.29 is 14.3 Å². The molecule has 0 spiro atoms. The Morgan fingerprint density at radius 2 is 1.86 bits per heavy atom. The van der Waals surface area contributed by atoms with Crippen LogP contribution in [0.3, 0.4) is 0 Å². The van der Waals surface area contributed by atoms with Gasteiger partial charge in [0.2, 0.25) is 5.91 Å². The fourth-order valence-electron chi connectivity index (χ4n) is 2.57. The summed E-state index contributed by atoms with van der Waals surface area (Å²) in [5, 5.41) is 3.78. The molecule has 2 amide bonds. The van der Waals surface area contributed by atoms with Crippen LogP contribution in [0.1, 0.15) is 25.8 Å². The number of halogens is 3. The van der Waals surface area contributed by atoms with Gasteiger partial charge in [0.15, 0.2) is 6.61 Å². The average molecular weight is 549 g/mol. The number of amides is 2. The second-order valence-corrected chi connectivity index (χ2v) is 8.56. The van der Waals surface area contributed by atoms with Crippen LogP contribution in [0, 0.1) is 3.57 Å². The highest BCUT2D eigenvalue weighted by Gasteiger charge is 2.27. The van der Waals surface area contributed by atoms with Crippen LogP contribution in [0.25, 0.3) is 0 Å². The van der Waals surface area contributed by atoms with Gasteiger partial charge in [-0.05, 0) is 77.9 Å². The molecule has 0 aliphatic heterocycles. The van der Waals surface area contributed by atoms with Crippen molar-refractivity contribution in [1.29, 1.82) is 0 Å². The van der Waals surface area contributed by atoms with Crippen LogP contribution in [-0.4, -0.2) is 35.9 Å². The zero-order valence-electron chi connectivity index (χ0n) is 16.3. The van der Waals surface area contributed by atoms with Gasteiger partial charge >= 0.3 is 0 Å². The first kappa shape index (κ1) is 23.8.